The standard InChI is InChI=1S/C31H28FN7O3/c1-41-22-14-20(15-23(16-22)42-2)9-10-25-29-30(33)34-19-35-31(29)39(36-25)27-18-38(26-7-4-3-6-24(26)27)28(40)8-5-12-37-13-11-21(32)17-37/h3-8,14-16,18-19,21H,11-13,17H2,1-2H3,(H2,33,34,35)/t21-/m0/s1. The van der Waals surface area contributed by atoms with Crippen molar-refractivity contribution in [3.8, 4) is 29.0 Å². The van der Waals surface area contributed by atoms with Gasteiger partial charge in [0.2, 0.25) is 0 Å². The molecule has 0 amide bonds. The third-order valence-electron chi connectivity index (χ3n) is 7.17. The molecule has 11 heteroatoms. The van der Waals surface area contributed by atoms with E-state index in [9.17, 15) is 9.18 Å². The molecule has 1 aliphatic heterocycles. The third kappa shape index (κ3) is 5.15. The summed E-state index contributed by atoms with van der Waals surface area (Å²) in [5.41, 5.74) is 9.11. The Morgan fingerprint density at radius 1 is 1.14 bits per heavy atom. The van der Waals surface area contributed by atoms with E-state index in [1.165, 1.54) is 12.4 Å². The highest BCUT2D eigenvalue weighted by Gasteiger charge is 2.22. The Kier molecular flexibility index (Phi) is 7.29. The molecule has 6 rings (SSSR count). The van der Waals surface area contributed by atoms with Crippen LogP contribution in [-0.2, 0) is 0 Å². The minimum absolute atomic E-state index is 0.231. The van der Waals surface area contributed by atoms with Crippen LogP contribution in [0.3, 0.4) is 0 Å². The van der Waals surface area contributed by atoms with Crippen molar-refractivity contribution in [2.75, 3.05) is 39.6 Å². The van der Waals surface area contributed by atoms with Crippen LogP contribution < -0.4 is 15.2 Å². The van der Waals surface area contributed by atoms with E-state index in [2.05, 4.69) is 21.8 Å². The number of fused-ring (bicyclic) bond motifs is 2. The highest BCUT2D eigenvalue weighted by Crippen LogP contribution is 2.30. The zero-order valence-corrected chi connectivity index (χ0v) is 23.1. The molecule has 2 aromatic carbocycles. The molecule has 1 fully saturated rings. The topological polar surface area (TPSA) is 113 Å². The molecular formula is C31H28FN7O3. The van der Waals surface area contributed by atoms with Gasteiger partial charge in [0.05, 0.1) is 30.8 Å². The number of allylic oxidation sites excluding steroid dienone is 1. The number of nitrogens with zero attached hydrogens (tertiary/aromatic N) is 6. The van der Waals surface area contributed by atoms with E-state index in [1.807, 2.05) is 29.2 Å². The number of alkyl halides is 1. The van der Waals surface area contributed by atoms with Gasteiger partial charge in [-0.3, -0.25) is 14.3 Å². The second-order valence-corrected chi connectivity index (χ2v) is 9.86. The Hall–Kier alpha value is -5.21. The van der Waals surface area contributed by atoms with Gasteiger partial charge >= 0.3 is 0 Å². The summed E-state index contributed by atoms with van der Waals surface area (Å²) in [4.78, 5) is 23.9. The van der Waals surface area contributed by atoms with Crippen molar-refractivity contribution < 1.29 is 18.7 Å². The number of methoxy groups -OCH3 is 2. The second kappa shape index (κ2) is 11.3. The number of hydrogen-bond donors (Lipinski definition) is 1. The normalized spacial score (nSPS) is 15.4. The van der Waals surface area contributed by atoms with E-state index < -0.39 is 6.17 Å². The number of nitrogen functional groups attached to an aromatic ring is 1. The summed E-state index contributed by atoms with van der Waals surface area (Å²) < 4.78 is 27.4. The maximum Gasteiger partial charge on any atom is 0.254 e. The maximum atomic E-state index is 13.5. The van der Waals surface area contributed by atoms with Gasteiger partial charge in [0, 0.05) is 48.9 Å². The Labute approximate surface area is 241 Å². The number of halogens is 1. The molecule has 42 heavy (non-hydrogen) atoms. The maximum absolute atomic E-state index is 13.5. The summed E-state index contributed by atoms with van der Waals surface area (Å²) in [5.74, 6) is 7.43. The van der Waals surface area contributed by atoms with E-state index >= 15 is 0 Å². The van der Waals surface area contributed by atoms with Crippen molar-refractivity contribution in [1.82, 2.24) is 29.2 Å². The number of hydrogen-bond acceptors (Lipinski definition) is 8. The van der Waals surface area contributed by atoms with Crippen LogP contribution in [0.15, 0.2) is 67.1 Å². The molecule has 0 bridgehead atoms. The summed E-state index contributed by atoms with van der Waals surface area (Å²) in [6, 6.07) is 12.9. The van der Waals surface area contributed by atoms with E-state index in [4.69, 9.17) is 20.3 Å². The van der Waals surface area contributed by atoms with E-state index in [0.29, 0.717) is 71.0 Å². The number of anilines is 1. The summed E-state index contributed by atoms with van der Waals surface area (Å²) in [6.07, 6.45) is 6.10. The predicted molar refractivity (Wildman–Crippen MR) is 158 cm³/mol. The molecular weight excluding hydrogens is 537 g/mol. The van der Waals surface area contributed by atoms with Gasteiger partial charge < -0.3 is 15.2 Å². The first-order chi connectivity index (χ1) is 20.4. The molecule has 0 radical (unpaired) electrons. The fraction of sp³-hybridized carbons (Fsp3) is 0.226. The average molecular weight is 566 g/mol. The fourth-order valence-electron chi connectivity index (χ4n) is 5.09. The Morgan fingerprint density at radius 2 is 1.93 bits per heavy atom. The molecule has 3 aromatic heterocycles. The van der Waals surface area contributed by atoms with Crippen LogP contribution in [0.4, 0.5) is 10.2 Å². The lowest BCUT2D eigenvalue weighted by Crippen LogP contribution is -2.21. The molecule has 4 heterocycles. The summed E-state index contributed by atoms with van der Waals surface area (Å²) in [6.45, 7) is 1.59. The van der Waals surface area contributed by atoms with Crippen LogP contribution in [0.1, 0.15) is 22.5 Å². The van der Waals surface area contributed by atoms with Crippen LogP contribution in [0.5, 0.6) is 11.5 Å². The predicted octanol–water partition coefficient (Wildman–Crippen LogP) is 4.01. The molecule has 2 N–H and O–H groups in total. The SMILES string of the molecule is COc1cc(C#Cc2nn(-c3cn(C(=O)C=CCN4CC[C@H](F)C4)c4ccccc34)c3ncnc(N)c23)cc(OC)c1. The molecule has 10 nitrogen and oxygen atoms in total. The molecule has 1 atom stereocenters. The first-order valence-corrected chi connectivity index (χ1v) is 13.4. The highest BCUT2D eigenvalue weighted by atomic mass is 19.1. The van der Waals surface area contributed by atoms with Crippen molar-refractivity contribution in [3.05, 3.63) is 78.4 Å². The van der Waals surface area contributed by atoms with Gasteiger partial charge in [-0.25, -0.2) is 19.0 Å². The van der Waals surface area contributed by atoms with Gasteiger partial charge in [0.25, 0.3) is 5.91 Å². The Bertz CT molecular complexity index is 1880. The number of aromatic nitrogens is 5. The monoisotopic (exact) mass is 565 g/mol. The molecule has 0 saturated carbocycles. The number of carbonyl (C=O) groups excluding carboxylic acids is 1. The van der Waals surface area contributed by atoms with E-state index in [1.54, 1.807) is 53.9 Å². The molecule has 0 spiro atoms. The van der Waals surface area contributed by atoms with Gasteiger partial charge in [-0.1, -0.05) is 30.2 Å². The van der Waals surface area contributed by atoms with Crippen molar-refractivity contribution >= 4 is 33.7 Å². The second-order valence-electron chi connectivity index (χ2n) is 9.86. The summed E-state index contributed by atoms with van der Waals surface area (Å²) in [5, 5.41) is 6.07. The average Bonchev–Trinajstić information content (AvgIpc) is 3.71. The lowest BCUT2D eigenvalue weighted by atomic mass is 10.2. The van der Waals surface area contributed by atoms with Crippen molar-refractivity contribution in [2.45, 2.75) is 12.6 Å². The molecule has 0 unspecified atom stereocenters. The molecule has 0 aliphatic carbocycles. The van der Waals surface area contributed by atoms with E-state index in [-0.39, 0.29) is 11.7 Å². The van der Waals surface area contributed by atoms with Gasteiger partial charge in [-0.15, -0.1) is 0 Å². The minimum atomic E-state index is -0.806. The van der Waals surface area contributed by atoms with Gasteiger partial charge in [-0.05, 0) is 30.5 Å². The molecule has 5 aromatic rings. The summed E-state index contributed by atoms with van der Waals surface area (Å²) >= 11 is 0. The molecule has 1 aliphatic rings. The Morgan fingerprint density at radius 3 is 2.67 bits per heavy atom. The largest absolute Gasteiger partial charge is 0.497 e. The first-order valence-electron chi connectivity index (χ1n) is 13.4. The molecule has 1 saturated heterocycles. The summed E-state index contributed by atoms with van der Waals surface area (Å²) in [7, 11) is 3.15. The van der Waals surface area contributed by atoms with E-state index in [0.717, 1.165) is 5.39 Å². The van der Waals surface area contributed by atoms with Gasteiger partial charge in [0.1, 0.15) is 35.5 Å². The number of likely N-dealkylation sites (tertiary alicyclic amines) is 1. The lowest BCUT2D eigenvalue weighted by Gasteiger charge is -2.10. The van der Waals surface area contributed by atoms with Gasteiger partial charge in [-0.2, -0.15) is 5.10 Å². The quantitative estimate of drug-likeness (QED) is 0.243. The zero-order valence-electron chi connectivity index (χ0n) is 23.1. The first kappa shape index (κ1) is 27.0. The number of benzene rings is 2. The van der Waals surface area contributed by atoms with Crippen LogP contribution in [0.2, 0.25) is 0 Å². The molecule has 212 valence electrons. The van der Waals surface area contributed by atoms with Crippen LogP contribution in [0, 0.1) is 11.8 Å². The smallest absolute Gasteiger partial charge is 0.254 e. The van der Waals surface area contributed by atoms with Crippen molar-refractivity contribution in [1.29, 1.82) is 0 Å². The number of carbonyl (C=O) groups is 1. The Balaban J connectivity index is 1.41. The number of rotatable bonds is 6. The lowest BCUT2D eigenvalue weighted by molar-refractivity contribution is 0.0973. The van der Waals surface area contributed by atoms with Crippen LogP contribution >= 0.6 is 0 Å². The van der Waals surface area contributed by atoms with Crippen molar-refractivity contribution in [3.63, 3.8) is 0 Å². The minimum Gasteiger partial charge on any atom is -0.497 e. The number of nitrogens with two attached hydrogens (primary N) is 1. The highest BCUT2D eigenvalue weighted by molar-refractivity contribution is 6.02. The van der Waals surface area contributed by atoms with Crippen molar-refractivity contribution in [2.24, 2.45) is 0 Å². The third-order valence-corrected chi connectivity index (χ3v) is 7.17. The number of ether oxygens (including phenoxy) is 2. The number of para-hydroxylation sites is 1. The fourth-order valence-corrected chi connectivity index (χ4v) is 5.09. The van der Waals surface area contributed by atoms with Gasteiger partial charge in [0.15, 0.2) is 5.65 Å². The van der Waals surface area contributed by atoms with Crippen LogP contribution in [0.25, 0.3) is 27.6 Å². The zero-order chi connectivity index (χ0) is 29.2. The van der Waals surface area contributed by atoms with Crippen LogP contribution in [-0.4, -0.2) is 75.1 Å².